The Kier molecular flexibility index (Phi) is 6.90. The fourth-order valence-electron chi connectivity index (χ4n) is 1.93. The summed E-state index contributed by atoms with van der Waals surface area (Å²) in [7, 11) is 1.05. The number of allylic oxidation sites excluding steroid dienone is 1. The molecule has 11 heteroatoms. The van der Waals surface area contributed by atoms with Crippen molar-refractivity contribution in [1.29, 1.82) is 0 Å². The molecule has 0 atom stereocenters. The molecule has 0 saturated carbocycles. The van der Waals surface area contributed by atoms with Crippen molar-refractivity contribution in [3.63, 3.8) is 0 Å². The molecule has 0 heterocycles. The molecule has 1 aromatic carbocycles. The number of benzene rings is 1. The molecule has 0 radical (unpaired) electrons. The fraction of sp³-hybridized carbons (Fsp3) is 0.333. The maximum absolute atomic E-state index is 13.0. The van der Waals surface area contributed by atoms with Crippen molar-refractivity contribution in [3.05, 3.63) is 43.9 Å². The lowest BCUT2D eigenvalue weighted by Crippen LogP contribution is -2.42. The van der Waals surface area contributed by atoms with Gasteiger partial charge in [0.2, 0.25) is 0 Å². The SMILES string of the molecule is COC(=O)c1cc(Br)c(N(CC=C(C)C)C(=O)C(F)(F)F)c([N+](=O)[O-])c1. The maximum Gasteiger partial charge on any atom is 0.471 e. The molecule has 1 rings (SSSR count). The van der Waals surface area contributed by atoms with Crippen LogP contribution in [0.5, 0.6) is 0 Å². The Hall–Kier alpha value is -2.43. The van der Waals surface area contributed by atoms with E-state index in [4.69, 9.17) is 0 Å². The zero-order valence-corrected chi connectivity index (χ0v) is 15.5. The van der Waals surface area contributed by atoms with Gasteiger partial charge in [-0.15, -0.1) is 0 Å². The molecule has 0 spiro atoms. The molecule has 0 aliphatic carbocycles. The van der Waals surface area contributed by atoms with Gasteiger partial charge in [0.05, 0.1) is 17.6 Å². The summed E-state index contributed by atoms with van der Waals surface area (Å²) in [5.74, 6) is -3.19. The molecule has 0 fully saturated rings. The van der Waals surface area contributed by atoms with E-state index < -0.39 is 40.9 Å². The van der Waals surface area contributed by atoms with Crippen LogP contribution in [0.1, 0.15) is 24.2 Å². The number of nitrogens with zero attached hydrogens (tertiary/aromatic N) is 2. The average molecular weight is 439 g/mol. The number of hydrogen-bond donors (Lipinski definition) is 0. The normalized spacial score (nSPS) is 10.9. The van der Waals surface area contributed by atoms with Crippen molar-refractivity contribution in [2.45, 2.75) is 20.0 Å². The second kappa shape index (κ2) is 8.30. The largest absolute Gasteiger partial charge is 0.471 e. The van der Waals surface area contributed by atoms with Gasteiger partial charge < -0.3 is 4.74 Å². The van der Waals surface area contributed by atoms with E-state index in [0.717, 1.165) is 19.2 Å². The molecule has 0 N–H and O–H groups in total. The molecule has 7 nitrogen and oxygen atoms in total. The molecule has 0 aliphatic rings. The summed E-state index contributed by atoms with van der Waals surface area (Å²) in [5.41, 5.74) is -1.10. The van der Waals surface area contributed by atoms with E-state index in [1.165, 1.54) is 6.08 Å². The van der Waals surface area contributed by atoms with Crippen LogP contribution in [-0.2, 0) is 9.53 Å². The van der Waals surface area contributed by atoms with Gasteiger partial charge in [0, 0.05) is 17.1 Å². The fourth-order valence-corrected chi connectivity index (χ4v) is 2.59. The topological polar surface area (TPSA) is 89.8 Å². The number of esters is 1. The number of carbonyl (C=O) groups excluding carboxylic acids is 2. The number of nitro benzene ring substituents is 1. The predicted octanol–water partition coefficient (Wildman–Crippen LogP) is 4.01. The predicted molar refractivity (Wildman–Crippen MR) is 90.0 cm³/mol. The standard InChI is InChI=1S/C15H14BrF3N2O5/c1-8(2)4-5-20(14(23)15(17,18)19)12-10(16)6-9(13(22)26-3)7-11(12)21(24)25/h4,6-7H,5H2,1-3H3. The Morgan fingerprint density at radius 1 is 1.35 bits per heavy atom. The first-order valence-electron chi connectivity index (χ1n) is 6.98. The van der Waals surface area contributed by atoms with Crippen LogP contribution < -0.4 is 4.90 Å². The number of ether oxygens (including phenoxy) is 1. The zero-order chi connectivity index (χ0) is 20.2. The first kappa shape index (κ1) is 21.6. The number of alkyl halides is 3. The van der Waals surface area contributed by atoms with E-state index in [2.05, 4.69) is 20.7 Å². The highest BCUT2D eigenvalue weighted by Gasteiger charge is 2.45. The summed E-state index contributed by atoms with van der Waals surface area (Å²) in [5, 5.41) is 11.3. The van der Waals surface area contributed by atoms with E-state index in [9.17, 15) is 32.9 Å². The Balaban J connectivity index is 3.68. The number of halogens is 4. The number of amides is 1. The molecular weight excluding hydrogens is 425 g/mol. The van der Waals surface area contributed by atoms with E-state index in [0.29, 0.717) is 5.57 Å². The Morgan fingerprint density at radius 2 is 1.92 bits per heavy atom. The lowest BCUT2D eigenvalue weighted by atomic mass is 10.1. The van der Waals surface area contributed by atoms with E-state index in [1.54, 1.807) is 13.8 Å². The van der Waals surface area contributed by atoms with Gasteiger partial charge in [-0.05, 0) is 35.8 Å². The highest BCUT2D eigenvalue weighted by atomic mass is 79.9. The summed E-state index contributed by atoms with van der Waals surface area (Å²) in [6, 6.07) is 1.80. The summed E-state index contributed by atoms with van der Waals surface area (Å²) >= 11 is 2.91. The lowest BCUT2D eigenvalue weighted by molar-refractivity contribution is -0.384. The number of nitro groups is 1. The van der Waals surface area contributed by atoms with Crippen LogP contribution in [0.4, 0.5) is 24.5 Å². The Bertz CT molecular complexity index is 773. The highest BCUT2D eigenvalue weighted by molar-refractivity contribution is 9.10. The molecule has 0 aromatic heterocycles. The lowest BCUT2D eigenvalue weighted by Gasteiger charge is -2.24. The van der Waals surface area contributed by atoms with Crippen molar-refractivity contribution in [2.75, 3.05) is 18.6 Å². The van der Waals surface area contributed by atoms with Crippen molar-refractivity contribution in [2.24, 2.45) is 0 Å². The van der Waals surface area contributed by atoms with E-state index in [1.807, 2.05) is 0 Å². The Morgan fingerprint density at radius 3 is 2.35 bits per heavy atom. The maximum atomic E-state index is 13.0. The molecule has 0 unspecified atom stereocenters. The van der Waals surface area contributed by atoms with Gasteiger partial charge in [-0.25, -0.2) is 4.79 Å². The summed E-state index contributed by atoms with van der Waals surface area (Å²) in [6.07, 6.45) is -3.93. The Labute approximate surface area is 154 Å². The zero-order valence-electron chi connectivity index (χ0n) is 13.9. The third kappa shape index (κ3) is 5.04. The molecule has 0 aliphatic heterocycles. The smallest absolute Gasteiger partial charge is 0.465 e. The van der Waals surface area contributed by atoms with Gasteiger partial charge in [0.1, 0.15) is 5.69 Å². The number of anilines is 1. The van der Waals surface area contributed by atoms with Gasteiger partial charge in [-0.2, -0.15) is 13.2 Å². The molecule has 1 amide bonds. The van der Waals surface area contributed by atoms with E-state index in [-0.39, 0.29) is 14.9 Å². The average Bonchev–Trinajstić information content (AvgIpc) is 2.53. The molecule has 0 bridgehead atoms. The highest BCUT2D eigenvalue weighted by Crippen LogP contribution is 2.39. The van der Waals surface area contributed by atoms with Gasteiger partial charge >= 0.3 is 18.1 Å². The minimum atomic E-state index is -5.25. The molecule has 142 valence electrons. The number of carbonyl (C=O) groups is 2. The van der Waals surface area contributed by atoms with Gasteiger partial charge in [-0.3, -0.25) is 19.8 Å². The van der Waals surface area contributed by atoms with Gasteiger partial charge in [0.15, 0.2) is 0 Å². The van der Waals surface area contributed by atoms with Gasteiger partial charge in [0.25, 0.3) is 5.69 Å². The first-order chi connectivity index (χ1) is 11.9. The molecule has 1 aromatic rings. The van der Waals surface area contributed by atoms with Crippen molar-refractivity contribution in [1.82, 2.24) is 0 Å². The van der Waals surface area contributed by atoms with Crippen LogP contribution in [0.2, 0.25) is 0 Å². The van der Waals surface area contributed by atoms with Crippen LogP contribution in [0.25, 0.3) is 0 Å². The second-order valence-corrected chi connectivity index (χ2v) is 6.12. The number of hydrogen-bond acceptors (Lipinski definition) is 5. The van der Waals surface area contributed by atoms with Crippen molar-refractivity contribution in [3.8, 4) is 0 Å². The number of rotatable bonds is 5. The summed E-state index contributed by atoms with van der Waals surface area (Å²) in [6.45, 7) is 2.65. The van der Waals surface area contributed by atoms with E-state index >= 15 is 0 Å². The first-order valence-corrected chi connectivity index (χ1v) is 7.77. The van der Waals surface area contributed by atoms with Crippen LogP contribution in [0.3, 0.4) is 0 Å². The third-order valence-corrected chi connectivity index (χ3v) is 3.71. The van der Waals surface area contributed by atoms with Gasteiger partial charge in [-0.1, -0.05) is 11.6 Å². The quantitative estimate of drug-likeness (QED) is 0.300. The van der Waals surface area contributed by atoms with Crippen LogP contribution >= 0.6 is 15.9 Å². The van der Waals surface area contributed by atoms with Crippen molar-refractivity contribution >= 4 is 39.2 Å². The molecular formula is C15H14BrF3N2O5. The summed E-state index contributed by atoms with van der Waals surface area (Å²) < 4.78 is 43.1. The monoisotopic (exact) mass is 438 g/mol. The van der Waals surface area contributed by atoms with Crippen LogP contribution in [-0.4, -0.2) is 36.6 Å². The summed E-state index contributed by atoms with van der Waals surface area (Å²) in [4.78, 5) is 34.0. The second-order valence-electron chi connectivity index (χ2n) is 5.27. The van der Waals surface area contributed by atoms with Crippen molar-refractivity contribution < 1.29 is 32.4 Å². The van der Waals surface area contributed by atoms with Crippen LogP contribution in [0.15, 0.2) is 28.3 Å². The number of methoxy groups -OCH3 is 1. The molecule has 26 heavy (non-hydrogen) atoms. The third-order valence-electron chi connectivity index (χ3n) is 3.10. The minimum Gasteiger partial charge on any atom is -0.465 e. The minimum absolute atomic E-state index is 0.230. The molecule has 0 saturated heterocycles. The van der Waals surface area contributed by atoms with Crippen LogP contribution in [0, 0.1) is 10.1 Å².